The van der Waals surface area contributed by atoms with Crippen LogP contribution in [-0.2, 0) is 4.79 Å². The van der Waals surface area contributed by atoms with E-state index >= 15 is 0 Å². The van der Waals surface area contributed by atoms with Gasteiger partial charge in [-0.3, -0.25) is 4.79 Å². The van der Waals surface area contributed by atoms with Gasteiger partial charge < -0.3 is 16.0 Å². The monoisotopic (exact) mass is 298 g/mol. The van der Waals surface area contributed by atoms with Gasteiger partial charge in [-0.05, 0) is 19.3 Å². The van der Waals surface area contributed by atoms with Crippen molar-refractivity contribution in [2.45, 2.75) is 55.9 Å². The highest BCUT2D eigenvalue weighted by molar-refractivity contribution is 8.00. The largest absolute Gasteiger partial charge is 0.356 e. The van der Waals surface area contributed by atoms with Crippen molar-refractivity contribution in [3.8, 4) is 0 Å². The lowest BCUT2D eigenvalue weighted by molar-refractivity contribution is -0.121. The van der Waals surface area contributed by atoms with Crippen molar-refractivity contribution in [3.63, 3.8) is 0 Å². The van der Waals surface area contributed by atoms with Crippen LogP contribution in [0.25, 0.3) is 0 Å². The summed E-state index contributed by atoms with van der Waals surface area (Å²) in [6, 6.07) is 0.539. The lowest BCUT2D eigenvalue weighted by Gasteiger charge is -2.16. The van der Waals surface area contributed by atoms with Crippen LogP contribution in [0.15, 0.2) is 0 Å². The molecule has 5 nitrogen and oxygen atoms in total. The Morgan fingerprint density at radius 3 is 3.00 bits per heavy atom. The first kappa shape index (κ1) is 15.5. The summed E-state index contributed by atoms with van der Waals surface area (Å²) >= 11 is 1.93. The van der Waals surface area contributed by atoms with E-state index in [1.807, 2.05) is 11.8 Å². The van der Waals surface area contributed by atoms with Gasteiger partial charge in [-0.25, -0.2) is 4.79 Å². The third-order valence-electron chi connectivity index (χ3n) is 3.83. The van der Waals surface area contributed by atoms with E-state index in [1.165, 1.54) is 0 Å². The fourth-order valence-electron chi connectivity index (χ4n) is 2.72. The fourth-order valence-corrected chi connectivity index (χ4v) is 4.26. The Balaban J connectivity index is 1.55. The molecule has 0 bridgehead atoms. The molecule has 0 aromatic heterocycles. The minimum absolute atomic E-state index is 0.0323. The van der Waals surface area contributed by atoms with Crippen molar-refractivity contribution < 1.29 is 9.59 Å². The maximum Gasteiger partial charge on any atom is 0.315 e. The molecule has 1 radical (unpaired) electrons. The number of fused-ring (bicyclic) bond motifs is 1. The average molecular weight is 298 g/mol. The SMILES string of the molecule is [CH2]CCCNC(=O)CCCC[C@@H]1SC[C@@H]2NC(=O)N[C@@H]21. The number of amides is 3. The van der Waals surface area contributed by atoms with Crippen LogP contribution >= 0.6 is 11.8 Å². The molecular weight excluding hydrogens is 274 g/mol. The Bertz CT molecular complexity index is 351. The highest BCUT2D eigenvalue weighted by atomic mass is 32.2. The summed E-state index contributed by atoms with van der Waals surface area (Å²) in [5.41, 5.74) is 0. The molecule has 2 aliphatic heterocycles. The van der Waals surface area contributed by atoms with E-state index in [0.717, 1.165) is 44.4 Å². The minimum atomic E-state index is -0.0323. The van der Waals surface area contributed by atoms with Gasteiger partial charge in [0.15, 0.2) is 0 Å². The molecule has 3 amide bonds. The van der Waals surface area contributed by atoms with E-state index in [1.54, 1.807) is 0 Å². The summed E-state index contributed by atoms with van der Waals surface area (Å²) in [6.07, 6.45) is 5.44. The summed E-state index contributed by atoms with van der Waals surface area (Å²) in [5.74, 6) is 1.14. The van der Waals surface area contributed by atoms with E-state index in [4.69, 9.17) is 0 Å². The molecular formula is C14H24N3O2S. The van der Waals surface area contributed by atoms with Gasteiger partial charge in [-0.15, -0.1) is 0 Å². The predicted molar refractivity (Wildman–Crippen MR) is 81.6 cm³/mol. The molecule has 0 aromatic carbocycles. The third-order valence-corrected chi connectivity index (χ3v) is 5.34. The molecule has 0 saturated carbocycles. The fraction of sp³-hybridized carbons (Fsp3) is 0.786. The van der Waals surface area contributed by atoms with Crippen LogP contribution < -0.4 is 16.0 Å². The van der Waals surface area contributed by atoms with Crippen molar-refractivity contribution in [2.24, 2.45) is 0 Å². The van der Waals surface area contributed by atoms with Gasteiger partial charge in [-0.1, -0.05) is 19.8 Å². The van der Waals surface area contributed by atoms with E-state index in [-0.39, 0.29) is 18.0 Å². The zero-order chi connectivity index (χ0) is 14.4. The molecule has 0 spiro atoms. The minimum Gasteiger partial charge on any atom is -0.356 e. The molecule has 0 aromatic rings. The maximum atomic E-state index is 11.5. The number of rotatable bonds is 8. The van der Waals surface area contributed by atoms with Crippen LogP contribution in [0, 0.1) is 6.92 Å². The van der Waals surface area contributed by atoms with Gasteiger partial charge in [0.05, 0.1) is 12.1 Å². The molecule has 2 saturated heterocycles. The number of urea groups is 1. The summed E-state index contributed by atoms with van der Waals surface area (Å²) in [4.78, 5) is 22.8. The van der Waals surface area contributed by atoms with E-state index in [9.17, 15) is 9.59 Å². The highest BCUT2D eigenvalue weighted by Gasteiger charge is 2.42. The summed E-state index contributed by atoms with van der Waals surface area (Å²) in [6.45, 7) is 4.48. The topological polar surface area (TPSA) is 70.2 Å². The lowest BCUT2D eigenvalue weighted by atomic mass is 10.0. The van der Waals surface area contributed by atoms with Crippen molar-refractivity contribution >= 4 is 23.7 Å². The van der Waals surface area contributed by atoms with Crippen molar-refractivity contribution in [3.05, 3.63) is 6.92 Å². The molecule has 0 aliphatic carbocycles. The second kappa shape index (κ2) is 7.76. The van der Waals surface area contributed by atoms with Crippen LogP contribution in [-0.4, -0.2) is 41.6 Å². The maximum absolute atomic E-state index is 11.5. The van der Waals surface area contributed by atoms with E-state index in [2.05, 4.69) is 22.9 Å². The summed E-state index contributed by atoms with van der Waals surface area (Å²) < 4.78 is 0. The van der Waals surface area contributed by atoms with Gasteiger partial charge in [0.25, 0.3) is 0 Å². The van der Waals surface area contributed by atoms with Gasteiger partial charge in [0, 0.05) is 24.0 Å². The number of nitrogens with one attached hydrogen (secondary N) is 3. The number of hydrogen-bond acceptors (Lipinski definition) is 3. The molecule has 2 fully saturated rings. The molecule has 2 rings (SSSR count). The Labute approximate surface area is 125 Å². The first-order valence-corrected chi connectivity index (χ1v) is 8.50. The Kier molecular flexibility index (Phi) is 6.01. The Hall–Kier alpha value is -0.910. The third kappa shape index (κ3) is 4.30. The number of carbonyl (C=O) groups excluding carboxylic acids is 2. The second-order valence-corrected chi connectivity index (χ2v) is 6.70. The second-order valence-electron chi connectivity index (χ2n) is 5.42. The number of hydrogen-bond donors (Lipinski definition) is 3. The van der Waals surface area contributed by atoms with E-state index in [0.29, 0.717) is 17.7 Å². The van der Waals surface area contributed by atoms with Gasteiger partial charge >= 0.3 is 6.03 Å². The average Bonchev–Trinajstić information content (AvgIpc) is 2.95. The standard InChI is InChI=1S/C14H24N3O2S/c1-2-3-8-15-12(18)7-5-4-6-11-13-10(9-20-11)16-14(19)17-13/h10-11,13H,1-9H2,(H,15,18)(H2,16,17,19)/t10-,11-,13-/m0/s1. The number of carbonyl (C=O) groups is 2. The lowest BCUT2D eigenvalue weighted by Crippen LogP contribution is -2.36. The highest BCUT2D eigenvalue weighted by Crippen LogP contribution is 2.33. The van der Waals surface area contributed by atoms with Crippen LogP contribution in [0.2, 0.25) is 0 Å². The van der Waals surface area contributed by atoms with Crippen LogP contribution in [0.4, 0.5) is 4.79 Å². The van der Waals surface area contributed by atoms with Gasteiger partial charge in [-0.2, -0.15) is 11.8 Å². The van der Waals surface area contributed by atoms with Crippen LogP contribution in [0.3, 0.4) is 0 Å². The summed E-state index contributed by atoms with van der Waals surface area (Å²) in [7, 11) is 0. The summed E-state index contributed by atoms with van der Waals surface area (Å²) in [5, 5.41) is 9.33. The smallest absolute Gasteiger partial charge is 0.315 e. The van der Waals surface area contributed by atoms with E-state index < -0.39 is 0 Å². The normalized spacial score (nSPS) is 27.9. The van der Waals surface area contributed by atoms with Crippen molar-refractivity contribution in [1.29, 1.82) is 0 Å². The molecule has 2 aliphatic rings. The molecule has 3 N–H and O–H groups in total. The Morgan fingerprint density at radius 1 is 1.35 bits per heavy atom. The molecule has 20 heavy (non-hydrogen) atoms. The molecule has 2 heterocycles. The number of thioether (sulfide) groups is 1. The van der Waals surface area contributed by atoms with Crippen molar-refractivity contribution in [2.75, 3.05) is 12.3 Å². The van der Waals surface area contributed by atoms with Gasteiger partial charge in [0.2, 0.25) is 5.91 Å². The molecule has 3 atom stereocenters. The zero-order valence-corrected chi connectivity index (χ0v) is 12.6. The van der Waals surface area contributed by atoms with Crippen LogP contribution in [0.5, 0.6) is 0 Å². The zero-order valence-electron chi connectivity index (χ0n) is 11.8. The molecule has 113 valence electrons. The van der Waals surface area contributed by atoms with Crippen molar-refractivity contribution in [1.82, 2.24) is 16.0 Å². The predicted octanol–water partition coefficient (Wildman–Crippen LogP) is 1.44. The molecule has 6 heteroatoms. The van der Waals surface area contributed by atoms with Gasteiger partial charge in [0.1, 0.15) is 0 Å². The van der Waals surface area contributed by atoms with Crippen LogP contribution in [0.1, 0.15) is 38.5 Å². The first-order chi connectivity index (χ1) is 9.70. The first-order valence-electron chi connectivity index (χ1n) is 7.45. The molecule has 0 unspecified atom stereocenters. The quantitative estimate of drug-likeness (QED) is 0.469. The number of unbranched alkanes of at least 4 members (excludes halogenated alkanes) is 2. The Morgan fingerprint density at radius 2 is 2.20 bits per heavy atom.